The lowest BCUT2D eigenvalue weighted by atomic mass is 10.1. The Hall–Kier alpha value is -3.34. The SMILES string of the molecule is COc1ccc(C)cc1N(C)C(=O)c1cc2ccc3cccnc3c2[nH]1. The van der Waals surface area contributed by atoms with Crippen LogP contribution in [0.3, 0.4) is 0 Å². The number of aromatic amines is 1. The van der Waals surface area contributed by atoms with Crippen molar-refractivity contribution in [2.75, 3.05) is 19.1 Å². The lowest BCUT2D eigenvalue weighted by Gasteiger charge is -2.20. The number of nitrogens with zero attached hydrogens (tertiary/aromatic N) is 2. The molecule has 1 amide bonds. The summed E-state index contributed by atoms with van der Waals surface area (Å²) >= 11 is 0. The van der Waals surface area contributed by atoms with Crippen molar-refractivity contribution < 1.29 is 9.53 Å². The maximum atomic E-state index is 13.0. The van der Waals surface area contributed by atoms with E-state index in [0.29, 0.717) is 11.4 Å². The number of pyridine rings is 1. The van der Waals surface area contributed by atoms with Gasteiger partial charge in [-0.25, -0.2) is 0 Å². The fourth-order valence-corrected chi connectivity index (χ4v) is 3.21. The van der Waals surface area contributed by atoms with Crippen LogP contribution in [0.1, 0.15) is 16.1 Å². The monoisotopic (exact) mass is 345 g/mol. The van der Waals surface area contributed by atoms with Crippen molar-refractivity contribution in [2.24, 2.45) is 0 Å². The van der Waals surface area contributed by atoms with Crippen LogP contribution in [0.15, 0.2) is 54.7 Å². The maximum Gasteiger partial charge on any atom is 0.274 e. The van der Waals surface area contributed by atoms with Crippen molar-refractivity contribution in [3.05, 3.63) is 66.0 Å². The molecule has 0 spiro atoms. The second-order valence-electron chi connectivity index (χ2n) is 6.33. The van der Waals surface area contributed by atoms with Gasteiger partial charge >= 0.3 is 0 Å². The van der Waals surface area contributed by atoms with Gasteiger partial charge in [-0.2, -0.15) is 0 Å². The van der Waals surface area contributed by atoms with Crippen molar-refractivity contribution in [3.8, 4) is 5.75 Å². The summed E-state index contributed by atoms with van der Waals surface area (Å²) < 4.78 is 5.41. The van der Waals surface area contributed by atoms with Gasteiger partial charge in [-0.15, -0.1) is 0 Å². The van der Waals surface area contributed by atoms with E-state index in [9.17, 15) is 4.79 Å². The summed E-state index contributed by atoms with van der Waals surface area (Å²) in [5, 5.41) is 2.00. The second-order valence-corrected chi connectivity index (χ2v) is 6.33. The number of methoxy groups -OCH3 is 1. The highest BCUT2D eigenvalue weighted by Crippen LogP contribution is 2.30. The summed E-state index contributed by atoms with van der Waals surface area (Å²) in [6, 6.07) is 15.6. The van der Waals surface area contributed by atoms with E-state index < -0.39 is 0 Å². The van der Waals surface area contributed by atoms with Gasteiger partial charge < -0.3 is 14.6 Å². The van der Waals surface area contributed by atoms with Crippen LogP contribution in [0.25, 0.3) is 21.8 Å². The number of aryl methyl sites for hydroxylation is 1. The molecule has 2 aromatic heterocycles. The number of hydrogen-bond acceptors (Lipinski definition) is 3. The topological polar surface area (TPSA) is 58.2 Å². The minimum atomic E-state index is -0.130. The van der Waals surface area contributed by atoms with E-state index in [0.717, 1.165) is 33.1 Å². The number of rotatable bonds is 3. The highest BCUT2D eigenvalue weighted by atomic mass is 16.5. The van der Waals surface area contributed by atoms with E-state index in [-0.39, 0.29) is 5.91 Å². The van der Waals surface area contributed by atoms with Gasteiger partial charge in [-0.1, -0.05) is 24.3 Å². The molecule has 4 aromatic rings. The van der Waals surface area contributed by atoms with Crippen LogP contribution < -0.4 is 9.64 Å². The zero-order valence-corrected chi connectivity index (χ0v) is 14.9. The number of nitrogens with one attached hydrogen (secondary N) is 1. The fourth-order valence-electron chi connectivity index (χ4n) is 3.21. The fraction of sp³-hybridized carbons (Fsp3) is 0.143. The van der Waals surface area contributed by atoms with Gasteiger partial charge in [0, 0.05) is 24.0 Å². The Morgan fingerprint density at radius 3 is 2.73 bits per heavy atom. The number of carbonyl (C=O) groups is 1. The summed E-state index contributed by atoms with van der Waals surface area (Å²) in [5.74, 6) is 0.531. The lowest BCUT2D eigenvalue weighted by molar-refractivity contribution is 0.0988. The van der Waals surface area contributed by atoms with Crippen LogP contribution >= 0.6 is 0 Å². The first-order valence-corrected chi connectivity index (χ1v) is 8.37. The highest BCUT2D eigenvalue weighted by Gasteiger charge is 2.19. The molecule has 0 fully saturated rings. The number of carbonyl (C=O) groups excluding carboxylic acids is 1. The van der Waals surface area contributed by atoms with E-state index in [2.05, 4.69) is 9.97 Å². The molecule has 4 rings (SSSR count). The van der Waals surface area contributed by atoms with Crippen LogP contribution in [0.5, 0.6) is 5.75 Å². The molecule has 0 atom stereocenters. The predicted octanol–water partition coefficient (Wildman–Crippen LogP) is 4.31. The molecule has 1 N–H and O–H groups in total. The number of fused-ring (bicyclic) bond motifs is 3. The number of ether oxygens (including phenoxy) is 1. The Bertz CT molecular complexity index is 1130. The molecular formula is C21H19N3O2. The predicted molar refractivity (Wildman–Crippen MR) is 104 cm³/mol. The maximum absolute atomic E-state index is 13.0. The molecule has 2 heterocycles. The molecule has 0 aliphatic heterocycles. The standard InChI is InChI=1S/C21H19N3O2/c1-13-6-9-18(26-3)17(11-13)24(2)21(25)16-12-15-8-7-14-5-4-10-22-19(14)20(15)23-16/h4-12,23H,1-3H3. The van der Waals surface area contributed by atoms with Gasteiger partial charge in [0.15, 0.2) is 0 Å². The average Bonchev–Trinajstić information content (AvgIpc) is 3.11. The molecule has 0 aliphatic rings. The van der Waals surface area contributed by atoms with Crippen LogP contribution in [-0.4, -0.2) is 30.0 Å². The summed E-state index contributed by atoms with van der Waals surface area (Å²) in [6.07, 6.45) is 1.76. The van der Waals surface area contributed by atoms with Crippen molar-refractivity contribution in [1.29, 1.82) is 0 Å². The average molecular weight is 345 g/mol. The van der Waals surface area contributed by atoms with Crippen LogP contribution in [-0.2, 0) is 0 Å². The van der Waals surface area contributed by atoms with Crippen molar-refractivity contribution in [3.63, 3.8) is 0 Å². The Labute approximate surface area is 151 Å². The number of aromatic nitrogens is 2. The lowest BCUT2D eigenvalue weighted by Crippen LogP contribution is -2.27. The summed E-state index contributed by atoms with van der Waals surface area (Å²) in [5.41, 5.74) is 4.05. The molecule has 0 bridgehead atoms. The van der Waals surface area contributed by atoms with Crippen molar-refractivity contribution >= 4 is 33.4 Å². The molecule has 5 nitrogen and oxygen atoms in total. The van der Waals surface area contributed by atoms with Crippen molar-refractivity contribution in [1.82, 2.24) is 9.97 Å². The molecule has 130 valence electrons. The molecule has 0 saturated carbocycles. The molecule has 26 heavy (non-hydrogen) atoms. The summed E-state index contributed by atoms with van der Waals surface area (Å²) in [6.45, 7) is 1.99. The zero-order chi connectivity index (χ0) is 18.3. The molecule has 0 unspecified atom stereocenters. The normalized spacial score (nSPS) is 11.0. The second kappa shape index (κ2) is 6.19. The van der Waals surface area contributed by atoms with E-state index in [1.807, 2.05) is 55.5 Å². The van der Waals surface area contributed by atoms with Crippen molar-refractivity contribution in [2.45, 2.75) is 6.92 Å². The summed E-state index contributed by atoms with van der Waals surface area (Å²) in [4.78, 5) is 22.3. The van der Waals surface area contributed by atoms with Crippen LogP contribution in [0.4, 0.5) is 5.69 Å². The first kappa shape index (κ1) is 16.1. The van der Waals surface area contributed by atoms with Gasteiger partial charge in [-0.3, -0.25) is 9.78 Å². The Kier molecular flexibility index (Phi) is 3.84. The largest absolute Gasteiger partial charge is 0.495 e. The third-order valence-corrected chi connectivity index (χ3v) is 4.60. The first-order valence-electron chi connectivity index (χ1n) is 8.37. The van der Waals surface area contributed by atoms with E-state index in [4.69, 9.17) is 4.74 Å². The molecule has 5 heteroatoms. The molecule has 0 saturated heterocycles. The molecule has 0 aliphatic carbocycles. The number of benzene rings is 2. The number of H-pyrrole nitrogens is 1. The molecule has 0 radical (unpaired) electrons. The van der Waals surface area contributed by atoms with Crippen LogP contribution in [0.2, 0.25) is 0 Å². The third-order valence-electron chi connectivity index (χ3n) is 4.60. The first-order chi connectivity index (χ1) is 12.6. The zero-order valence-electron chi connectivity index (χ0n) is 14.9. The highest BCUT2D eigenvalue weighted by molar-refractivity contribution is 6.11. The Balaban J connectivity index is 1.79. The van der Waals surface area contributed by atoms with E-state index >= 15 is 0 Å². The van der Waals surface area contributed by atoms with Gasteiger partial charge in [0.25, 0.3) is 5.91 Å². The number of hydrogen-bond donors (Lipinski definition) is 1. The van der Waals surface area contributed by atoms with E-state index in [1.165, 1.54) is 0 Å². The minimum Gasteiger partial charge on any atom is -0.495 e. The Morgan fingerprint density at radius 1 is 1.12 bits per heavy atom. The summed E-state index contributed by atoms with van der Waals surface area (Å²) in [7, 11) is 3.36. The Morgan fingerprint density at radius 2 is 1.92 bits per heavy atom. The molecular weight excluding hydrogens is 326 g/mol. The van der Waals surface area contributed by atoms with Crippen LogP contribution in [0, 0.1) is 6.92 Å². The van der Waals surface area contributed by atoms with Gasteiger partial charge in [0.1, 0.15) is 11.4 Å². The van der Waals surface area contributed by atoms with Gasteiger partial charge in [0.2, 0.25) is 0 Å². The molecule has 2 aromatic carbocycles. The third kappa shape index (κ3) is 2.58. The van der Waals surface area contributed by atoms with E-state index in [1.54, 1.807) is 25.3 Å². The van der Waals surface area contributed by atoms with Gasteiger partial charge in [0.05, 0.1) is 23.8 Å². The number of anilines is 1. The quantitative estimate of drug-likeness (QED) is 0.602. The smallest absolute Gasteiger partial charge is 0.274 e. The minimum absolute atomic E-state index is 0.130. The van der Waals surface area contributed by atoms with Gasteiger partial charge in [-0.05, 0) is 36.8 Å². The number of amides is 1.